The summed E-state index contributed by atoms with van der Waals surface area (Å²) in [5, 5.41) is 6.21. The number of hydrogen-bond donors (Lipinski definition) is 2. The molecule has 1 saturated heterocycles. The number of anilines is 1. The molecule has 1 unspecified atom stereocenters. The van der Waals surface area contributed by atoms with Crippen molar-refractivity contribution in [3.8, 4) is 0 Å². The number of likely N-dealkylation sites (N-methyl/N-ethyl adjacent to an activating group) is 1. The maximum atomic E-state index is 12.8. The molecule has 2 rings (SSSR count). The molecule has 0 aromatic heterocycles. The van der Waals surface area contributed by atoms with Crippen LogP contribution in [0.15, 0.2) is 24.3 Å². The van der Waals surface area contributed by atoms with Gasteiger partial charge < -0.3 is 10.6 Å². The van der Waals surface area contributed by atoms with Crippen LogP contribution in [0.1, 0.15) is 19.8 Å². The lowest BCUT2D eigenvalue weighted by Crippen LogP contribution is -2.41. The van der Waals surface area contributed by atoms with E-state index >= 15 is 0 Å². The molecule has 0 saturated carbocycles. The highest BCUT2D eigenvalue weighted by Crippen LogP contribution is 2.12. The van der Waals surface area contributed by atoms with Gasteiger partial charge in [-0.05, 0) is 62.7 Å². The summed E-state index contributed by atoms with van der Waals surface area (Å²) in [6.45, 7) is 6.39. The maximum Gasteiger partial charge on any atom is 0.238 e. The minimum Gasteiger partial charge on any atom is -0.325 e. The highest BCUT2D eigenvalue weighted by molar-refractivity contribution is 5.92. The van der Waals surface area contributed by atoms with Crippen LogP contribution < -0.4 is 10.6 Å². The van der Waals surface area contributed by atoms with Crippen molar-refractivity contribution < 1.29 is 9.18 Å². The summed E-state index contributed by atoms with van der Waals surface area (Å²) >= 11 is 0. The van der Waals surface area contributed by atoms with E-state index in [1.807, 2.05) is 0 Å². The van der Waals surface area contributed by atoms with E-state index in [0.29, 0.717) is 18.2 Å². The van der Waals surface area contributed by atoms with Crippen molar-refractivity contribution in [1.82, 2.24) is 10.2 Å². The van der Waals surface area contributed by atoms with Gasteiger partial charge in [0.05, 0.1) is 6.54 Å². The minimum atomic E-state index is -0.298. The van der Waals surface area contributed by atoms with Gasteiger partial charge in [0.2, 0.25) is 5.91 Å². The lowest BCUT2D eigenvalue weighted by atomic mass is 9.99. The maximum absolute atomic E-state index is 12.8. The molecule has 0 radical (unpaired) electrons. The van der Waals surface area contributed by atoms with Crippen molar-refractivity contribution >= 4 is 11.6 Å². The summed E-state index contributed by atoms with van der Waals surface area (Å²) in [5.41, 5.74) is 0.636. The van der Waals surface area contributed by atoms with Crippen LogP contribution in [0.4, 0.5) is 10.1 Å². The third-order valence-electron chi connectivity index (χ3n) is 3.86. The number of nitrogens with one attached hydrogen (secondary N) is 2. The Balaban J connectivity index is 1.79. The van der Waals surface area contributed by atoms with Crippen LogP contribution in [-0.2, 0) is 4.79 Å². The minimum absolute atomic E-state index is 0.0489. The zero-order chi connectivity index (χ0) is 15.1. The predicted molar refractivity (Wildman–Crippen MR) is 82.7 cm³/mol. The van der Waals surface area contributed by atoms with Crippen molar-refractivity contribution in [3.63, 3.8) is 0 Å². The number of nitrogens with zero attached hydrogens (tertiary/aromatic N) is 1. The number of halogens is 1. The van der Waals surface area contributed by atoms with Crippen LogP contribution in [0.2, 0.25) is 0 Å². The number of carbonyl (C=O) groups is 1. The first-order chi connectivity index (χ1) is 10.2. The van der Waals surface area contributed by atoms with Gasteiger partial charge in [-0.1, -0.05) is 6.92 Å². The molecule has 1 aromatic rings. The molecule has 1 heterocycles. The van der Waals surface area contributed by atoms with E-state index in [1.54, 1.807) is 12.1 Å². The molecule has 0 bridgehead atoms. The van der Waals surface area contributed by atoms with Crippen molar-refractivity contribution in [2.75, 3.05) is 38.0 Å². The van der Waals surface area contributed by atoms with Crippen LogP contribution in [0.3, 0.4) is 0 Å². The number of hydrogen-bond acceptors (Lipinski definition) is 3. The average molecular weight is 293 g/mol. The molecule has 1 aliphatic heterocycles. The third-order valence-corrected chi connectivity index (χ3v) is 3.86. The van der Waals surface area contributed by atoms with Crippen molar-refractivity contribution in [2.45, 2.75) is 19.8 Å². The van der Waals surface area contributed by atoms with E-state index in [0.717, 1.165) is 26.2 Å². The molecular weight excluding hydrogens is 269 g/mol. The molecular formula is C16H24FN3O. The van der Waals surface area contributed by atoms with Crippen molar-refractivity contribution in [1.29, 1.82) is 0 Å². The molecule has 0 spiro atoms. The smallest absolute Gasteiger partial charge is 0.238 e. The van der Waals surface area contributed by atoms with E-state index in [1.165, 1.54) is 25.0 Å². The Labute approximate surface area is 125 Å². The molecule has 2 N–H and O–H groups in total. The van der Waals surface area contributed by atoms with Gasteiger partial charge in [-0.3, -0.25) is 9.69 Å². The van der Waals surface area contributed by atoms with Crippen LogP contribution >= 0.6 is 0 Å². The number of rotatable bonds is 6. The van der Waals surface area contributed by atoms with Gasteiger partial charge in [0, 0.05) is 12.2 Å². The third kappa shape index (κ3) is 5.44. The van der Waals surface area contributed by atoms with Crippen LogP contribution in [0.25, 0.3) is 0 Å². The van der Waals surface area contributed by atoms with E-state index in [2.05, 4.69) is 22.5 Å². The van der Waals surface area contributed by atoms with E-state index in [4.69, 9.17) is 0 Å². The first-order valence-corrected chi connectivity index (χ1v) is 7.66. The molecule has 21 heavy (non-hydrogen) atoms. The summed E-state index contributed by atoms with van der Waals surface area (Å²) in [4.78, 5) is 14.2. The number of carbonyl (C=O) groups excluding carboxylic acids is 1. The molecule has 1 aromatic carbocycles. The van der Waals surface area contributed by atoms with Crippen LogP contribution in [0, 0.1) is 11.7 Å². The van der Waals surface area contributed by atoms with Gasteiger partial charge in [0.1, 0.15) is 5.82 Å². The fourth-order valence-electron chi connectivity index (χ4n) is 2.69. The second-order valence-electron chi connectivity index (χ2n) is 5.60. The molecule has 1 atom stereocenters. The summed E-state index contributed by atoms with van der Waals surface area (Å²) in [7, 11) is 0. The first kappa shape index (κ1) is 15.9. The highest BCUT2D eigenvalue weighted by Gasteiger charge is 2.17. The number of piperidine rings is 1. The SMILES string of the molecule is CCN(CC(=O)Nc1ccc(F)cc1)CC1CCCNC1. The van der Waals surface area contributed by atoms with Crippen molar-refractivity contribution in [2.24, 2.45) is 5.92 Å². The summed E-state index contributed by atoms with van der Waals surface area (Å²) in [6, 6.07) is 5.85. The zero-order valence-corrected chi connectivity index (χ0v) is 12.6. The quantitative estimate of drug-likeness (QED) is 0.844. The Morgan fingerprint density at radius 2 is 2.19 bits per heavy atom. The number of amides is 1. The molecule has 116 valence electrons. The molecule has 0 aliphatic carbocycles. The van der Waals surface area contributed by atoms with Crippen molar-refractivity contribution in [3.05, 3.63) is 30.1 Å². The Hall–Kier alpha value is -1.46. The van der Waals surface area contributed by atoms with Gasteiger partial charge in [0.25, 0.3) is 0 Å². The number of benzene rings is 1. The highest BCUT2D eigenvalue weighted by atomic mass is 19.1. The van der Waals surface area contributed by atoms with Gasteiger partial charge in [-0.2, -0.15) is 0 Å². The van der Waals surface area contributed by atoms with Gasteiger partial charge in [-0.25, -0.2) is 4.39 Å². The molecule has 4 nitrogen and oxygen atoms in total. The fraction of sp³-hybridized carbons (Fsp3) is 0.562. The summed E-state index contributed by atoms with van der Waals surface area (Å²) < 4.78 is 12.8. The summed E-state index contributed by atoms with van der Waals surface area (Å²) in [6.07, 6.45) is 2.44. The fourth-order valence-corrected chi connectivity index (χ4v) is 2.69. The second-order valence-corrected chi connectivity index (χ2v) is 5.60. The lowest BCUT2D eigenvalue weighted by Gasteiger charge is -2.29. The van der Waals surface area contributed by atoms with E-state index < -0.39 is 0 Å². The average Bonchev–Trinajstić information content (AvgIpc) is 2.50. The molecule has 1 aliphatic rings. The molecule has 5 heteroatoms. The van der Waals surface area contributed by atoms with Gasteiger partial charge in [-0.15, -0.1) is 0 Å². The first-order valence-electron chi connectivity index (χ1n) is 7.66. The van der Waals surface area contributed by atoms with Gasteiger partial charge >= 0.3 is 0 Å². The zero-order valence-electron chi connectivity index (χ0n) is 12.6. The lowest BCUT2D eigenvalue weighted by molar-refractivity contribution is -0.117. The molecule has 1 fully saturated rings. The normalized spacial score (nSPS) is 18.7. The second kappa shape index (κ2) is 8.10. The monoisotopic (exact) mass is 293 g/mol. The predicted octanol–water partition coefficient (Wildman–Crippen LogP) is 2.09. The Morgan fingerprint density at radius 3 is 2.81 bits per heavy atom. The van der Waals surface area contributed by atoms with E-state index in [-0.39, 0.29) is 11.7 Å². The molecule has 1 amide bonds. The Kier molecular flexibility index (Phi) is 6.14. The van der Waals surface area contributed by atoms with Crippen LogP contribution in [-0.4, -0.2) is 43.5 Å². The summed E-state index contributed by atoms with van der Waals surface area (Å²) in [5.74, 6) is 0.275. The topological polar surface area (TPSA) is 44.4 Å². The largest absolute Gasteiger partial charge is 0.325 e. The Bertz CT molecular complexity index is 443. The standard InChI is InChI=1S/C16H24FN3O/c1-2-20(11-13-4-3-9-18-10-13)12-16(21)19-15-7-5-14(17)6-8-15/h5-8,13,18H,2-4,9-12H2,1H3,(H,19,21). The Morgan fingerprint density at radius 1 is 1.43 bits per heavy atom. The van der Waals surface area contributed by atoms with E-state index in [9.17, 15) is 9.18 Å². The van der Waals surface area contributed by atoms with Gasteiger partial charge in [0.15, 0.2) is 0 Å². The van der Waals surface area contributed by atoms with Crippen LogP contribution in [0.5, 0.6) is 0 Å².